The summed E-state index contributed by atoms with van der Waals surface area (Å²) in [5.74, 6) is -0.490. The minimum atomic E-state index is -4.74. The van der Waals surface area contributed by atoms with Crippen LogP contribution >= 0.6 is 0 Å². The minimum absolute atomic E-state index is 0.152. The van der Waals surface area contributed by atoms with Gasteiger partial charge < -0.3 is 4.90 Å². The number of rotatable bonds is 1. The molecule has 1 saturated heterocycles. The van der Waals surface area contributed by atoms with Crippen molar-refractivity contribution in [1.82, 2.24) is 4.90 Å². The number of hydrogen-bond acceptors (Lipinski definition) is 2. The number of carbonyl (C=O) groups excluding carboxylic acids is 2. The first-order valence-electron chi connectivity index (χ1n) is 7.43. The molecule has 1 aromatic carbocycles. The molecule has 0 radical (unpaired) electrons. The van der Waals surface area contributed by atoms with E-state index in [1.807, 2.05) is 0 Å². The molecule has 1 aromatic rings. The molecule has 2 fully saturated rings. The monoisotopic (exact) mass is 337 g/mol. The summed E-state index contributed by atoms with van der Waals surface area (Å²) < 4.78 is 39.4. The second kappa shape index (κ2) is 5.23. The largest absolute Gasteiger partial charge is 0.407 e. The molecule has 5 nitrogen and oxygen atoms in total. The molecular weight excluding hydrogens is 323 g/mol. The van der Waals surface area contributed by atoms with Gasteiger partial charge in [-0.2, -0.15) is 13.2 Å². The number of anilines is 1. The first-order valence-corrected chi connectivity index (χ1v) is 7.43. The standard InChI is InChI=1S/C16H14F3N3O2/c1-20-12-6-5-10(9-11(12)16(17,18)19)22-13(23)15(7-3-4-8-15)21(2)14(22)24/h5-6,9H,3-4,7-8H2,2H3. The number of hydrogen-bond donors (Lipinski definition) is 0. The number of amides is 3. The molecule has 1 aliphatic carbocycles. The van der Waals surface area contributed by atoms with E-state index in [0.717, 1.165) is 23.8 Å². The Hall–Kier alpha value is -2.56. The highest BCUT2D eigenvalue weighted by molar-refractivity contribution is 6.23. The van der Waals surface area contributed by atoms with Crippen LogP contribution in [0.15, 0.2) is 18.2 Å². The number of likely N-dealkylation sites (N-methyl/N-ethyl adjacent to an activating group) is 1. The van der Waals surface area contributed by atoms with Crippen LogP contribution in [0.25, 0.3) is 4.85 Å². The predicted molar refractivity (Wildman–Crippen MR) is 79.6 cm³/mol. The van der Waals surface area contributed by atoms with Crippen LogP contribution in [0.1, 0.15) is 31.2 Å². The van der Waals surface area contributed by atoms with Crippen molar-refractivity contribution < 1.29 is 22.8 Å². The van der Waals surface area contributed by atoms with Crippen molar-refractivity contribution in [1.29, 1.82) is 0 Å². The van der Waals surface area contributed by atoms with Crippen LogP contribution in [0.2, 0.25) is 0 Å². The molecular formula is C16H14F3N3O2. The average molecular weight is 337 g/mol. The highest BCUT2D eigenvalue weighted by Gasteiger charge is 2.57. The Morgan fingerprint density at radius 2 is 1.83 bits per heavy atom. The Morgan fingerprint density at radius 1 is 1.21 bits per heavy atom. The Balaban J connectivity index is 2.08. The zero-order valence-electron chi connectivity index (χ0n) is 12.9. The van der Waals surface area contributed by atoms with Gasteiger partial charge in [0.2, 0.25) is 0 Å². The van der Waals surface area contributed by atoms with Gasteiger partial charge in [-0.15, -0.1) is 0 Å². The third-order valence-electron chi connectivity index (χ3n) is 4.82. The van der Waals surface area contributed by atoms with E-state index in [1.54, 1.807) is 0 Å². The second-order valence-electron chi connectivity index (χ2n) is 6.03. The average Bonchev–Trinajstić information content (AvgIpc) is 3.09. The molecule has 8 heteroatoms. The summed E-state index contributed by atoms with van der Waals surface area (Å²) >= 11 is 0. The number of nitrogens with zero attached hydrogens (tertiary/aromatic N) is 3. The first-order chi connectivity index (χ1) is 11.2. The van der Waals surface area contributed by atoms with Crippen LogP contribution < -0.4 is 4.90 Å². The summed E-state index contributed by atoms with van der Waals surface area (Å²) in [6, 6.07) is 2.27. The predicted octanol–water partition coefficient (Wildman–Crippen LogP) is 3.97. The van der Waals surface area contributed by atoms with E-state index in [0.29, 0.717) is 18.9 Å². The Labute approximate surface area is 136 Å². The number of carbonyl (C=O) groups is 2. The summed E-state index contributed by atoms with van der Waals surface area (Å²) in [7, 11) is 1.50. The van der Waals surface area contributed by atoms with Crippen LogP contribution in [-0.2, 0) is 11.0 Å². The van der Waals surface area contributed by atoms with Gasteiger partial charge in [0.1, 0.15) is 5.54 Å². The van der Waals surface area contributed by atoms with Crippen molar-refractivity contribution in [2.75, 3.05) is 11.9 Å². The fourth-order valence-electron chi connectivity index (χ4n) is 3.50. The van der Waals surface area contributed by atoms with Gasteiger partial charge in [0.15, 0.2) is 5.69 Å². The second-order valence-corrected chi connectivity index (χ2v) is 6.03. The smallest absolute Gasteiger partial charge is 0.312 e. The highest BCUT2D eigenvalue weighted by Crippen LogP contribution is 2.44. The molecule has 1 heterocycles. The lowest BCUT2D eigenvalue weighted by atomic mass is 9.96. The van der Waals surface area contributed by atoms with Gasteiger partial charge in [-0.25, -0.2) is 14.5 Å². The van der Waals surface area contributed by atoms with Gasteiger partial charge in [-0.05, 0) is 25.0 Å². The minimum Gasteiger partial charge on any atom is -0.312 e. The summed E-state index contributed by atoms with van der Waals surface area (Å²) in [4.78, 5) is 30.3. The quantitative estimate of drug-likeness (QED) is 0.575. The molecule has 0 atom stereocenters. The molecule has 3 rings (SSSR count). The Bertz CT molecular complexity index is 761. The highest BCUT2D eigenvalue weighted by atomic mass is 19.4. The van der Waals surface area contributed by atoms with Crippen molar-refractivity contribution in [3.8, 4) is 0 Å². The summed E-state index contributed by atoms with van der Waals surface area (Å²) in [6.07, 6.45) is -2.13. The molecule has 1 aliphatic heterocycles. The summed E-state index contributed by atoms with van der Waals surface area (Å²) in [5.41, 5.74) is -2.81. The van der Waals surface area contributed by atoms with Crippen molar-refractivity contribution in [2.45, 2.75) is 37.4 Å². The third-order valence-corrected chi connectivity index (χ3v) is 4.82. The Kier molecular flexibility index (Phi) is 3.55. The number of alkyl halides is 3. The number of halogens is 3. The lowest BCUT2D eigenvalue weighted by Gasteiger charge is -2.27. The lowest BCUT2D eigenvalue weighted by molar-refractivity contribution is -0.136. The van der Waals surface area contributed by atoms with E-state index in [-0.39, 0.29) is 5.69 Å². The van der Waals surface area contributed by atoms with Crippen molar-refractivity contribution in [3.63, 3.8) is 0 Å². The van der Waals surface area contributed by atoms with Crippen molar-refractivity contribution >= 4 is 23.3 Å². The van der Waals surface area contributed by atoms with E-state index < -0.39 is 34.9 Å². The zero-order valence-corrected chi connectivity index (χ0v) is 12.9. The van der Waals surface area contributed by atoms with Crippen LogP contribution in [0.5, 0.6) is 0 Å². The van der Waals surface area contributed by atoms with Gasteiger partial charge >= 0.3 is 12.2 Å². The Morgan fingerprint density at radius 3 is 2.38 bits per heavy atom. The SMILES string of the molecule is [C-]#[N+]c1ccc(N2C(=O)N(C)C3(CCCC3)C2=O)cc1C(F)(F)F. The maximum absolute atomic E-state index is 13.1. The van der Waals surface area contributed by atoms with E-state index in [4.69, 9.17) is 6.57 Å². The molecule has 0 unspecified atom stereocenters. The van der Waals surface area contributed by atoms with Crippen molar-refractivity contribution in [3.05, 3.63) is 35.2 Å². The molecule has 3 amide bonds. The fraction of sp³-hybridized carbons (Fsp3) is 0.438. The molecule has 24 heavy (non-hydrogen) atoms. The summed E-state index contributed by atoms with van der Waals surface area (Å²) in [6.45, 7) is 6.86. The van der Waals surface area contributed by atoms with Gasteiger partial charge in [0.05, 0.1) is 17.8 Å². The lowest BCUT2D eigenvalue weighted by Crippen LogP contribution is -2.45. The van der Waals surface area contributed by atoms with Crippen LogP contribution in [0, 0.1) is 6.57 Å². The molecule has 2 aliphatic rings. The van der Waals surface area contributed by atoms with Gasteiger partial charge in [0.25, 0.3) is 5.91 Å². The fourth-order valence-corrected chi connectivity index (χ4v) is 3.50. The van der Waals surface area contributed by atoms with Crippen LogP contribution in [-0.4, -0.2) is 29.4 Å². The number of benzene rings is 1. The van der Waals surface area contributed by atoms with Crippen LogP contribution in [0.4, 0.5) is 29.3 Å². The maximum Gasteiger partial charge on any atom is 0.407 e. The molecule has 1 saturated carbocycles. The molecule has 126 valence electrons. The molecule has 1 spiro atoms. The van der Waals surface area contributed by atoms with Gasteiger partial charge in [0, 0.05) is 7.05 Å². The van der Waals surface area contributed by atoms with Crippen LogP contribution in [0.3, 0.4) is 0 Å². The maximum atomic E-state index is 13.1. The zero-order chi connectivity index (χ0) is 17.7. The van der Waals surface area contributed by atoms with E-state index in [2.05, 4.69) is 4.85 Å². The molecule has 0 bridgehead atoms. The topological polar surface area (TPSA) is 45.0 Å². The normalized spacial score (nSPS) is 20.1. The summed E-state index contributed by atoms with van der Waals surface area (Å²) in [5, 5.41) is 0. The van der Waals surface area contributed by atoms with Gasteiger partial charge in [-0.1, -0.05) is 18.9 Å². The third kappa shape index (κ3) is 2.15. The van der Waals surface area contributed by atoms with Crippen molar-refractivity contribution in [2.24, 2.45) is 0 Å². The molecule has 0 N–H and O–H groups in total. The first kappa shape index (κ1) is 16.3. The van der Waals surface area contributed by atoms with Gasteiger partial charge in [-0.3, -0.25) is 4.79 Å². The van der Waals surface area contributed by atoms with E-state index in [1.165, 1.54) is 18.0 Å². The number of imide groups is 1. The molecule has 0 aromatic heterocycles. The van der Waals surface area contributed by atoms with E-state index >= 15 is 0 Å². The number of urea groups is 1. The van der Waals surface area contributed by atoms with E-state index in [9.17, 15) is 22.8 Å².